The van der Waals surface area contributed by atoms with Crippen molar-refractivity contribution in [1.29, 1.82) is 0 Å². The molecule has 3 aromatic rings. The summed E-state index contributed by atoms with van der Waals surface area (Å²) in [6.45, 7) is 3.06. The van der Waals surface area contributed by atoms with Crippen LogP contribution in [-0.2, 0) is 0 Å². The number of carboxylic acid groups (broad SMARTS) is 1. The molecule has 0 saturated carbocycles. The molecule has 3 aromatic heterocycles. The van der Waals surface area contributed by atoms with E-state index in [1.165, 1.54) is 22.1 Å². The van der Waals surface area contributed by atoms with E-state index in [2.05, 4.69) is 15.7 Å². The third-order valence-corrected chi connectivity index (χ3v) is 5.46. The predicted molar refractivity (Wildman–Crippen MR) is 98.2 cm³/mol. The number of thiazole rings is 1. The molecule has 1 atom stereocenters. The Morgan fingerprint density at radius 3 is 2.79 bits per heavy atom. The summed E-state index contributed by atoms with van der Waals surface area (Å²) in [6, 6.07) is 1.25. The first-order valence-electron chi connectivity index (χ1n) is 8.35. The highest BCUT2D eigenvalue weighted by Gasteiger charge is 2.27. The van der Waals surface area contributed by atoms with Gasteiger partial charge in [-0.2, -0.15) is 0 Å². The Labute approximate surface area is 168 Å². The third kappa shape index (κ3) is 3.34. The molecule has 0 bridgehead atoms. The van der Waals surface area contributed by atoms with E-state index in [1.54, 1.807) is 11.1 Å². The van der Waals surface area contributed by atoms with E-state index in [1.807, 2.05) is 6.92 Å². The molecular formula is C17H17ClFN5O3S. The standard InChI is InChI=1S/C17H16FN5O3S.ClH/c1-8-5-20-17(27-8)23-7-11(16(25)26)13(24)10-4-12(18)15(21-14(10)23)22-3-2-9(19)6-22;/h4-5,7,9H,2-3,6,19H2,1H3,(H,25,26);1H. The van der Waals surface area contributed by atoms with E-state index in [4.69, 9.17) is 0 Å². The van der Waals surface area contributed by atoms with E-state index >= 15 is 0 Å². The lowest BCUT2D eigenvalue weighted by molar-refractivity contribution is -0.412. The van der Waals surface area contributed by atoms with Crippen LogP contribution in [0.1, 0.15) is 21.7 Å². The number of anilines is 1. The molecule has 0 amide bonds. The fraction of sp³-hybridized carbons (Fsp3) is 0.294. The van der Waals surface area contributed by atoms with Crippen LogP contribution in [0.2, 0.25) is 0 Å². The lowest BCUT2D eigenvalue weighted by atomic mass is 10.2. The Kier molecular flexibility index (Phi) is 5.37. The molecule has 0 aromatic carbocycles. The molecule has 4 N–H and O–H groups in total. The Morgan fingerprint density at radius 1 is 1.46 bits per heavy atom. The topological polar surface area (TPSA) is 116 Å². The van der Waals surface area contributed by atoms with Crippen molar-refractivity contribution in [2.24, 2.45) is 0 Å². The first kappa shape index (κ1) is 20.2. The molecule has 8 nitrogen and oxygen atoms in total. The van der Waals surface area contributed by atoms with Gasteiger partial charge in [0.2, 0.25) is 5.43 Å². The number of nitrogens with zero attached hydrogens (tertiary/aromatic N) is 4. The van der Waals surface area contributed by atoms with Gasteiger partial charge in [0.1, 0.15) is 11.6 Å². The average Bonchev–Trinajstić information content (AvgIpc) is 3.23. The number of aryl methyl sites for hydroxylation is 1. The van der Waals surface area contributed by atoms with Crippen LogP contribution >= 0.6 is 11.3 Å². The lowest BCUT2D eigenvalue weighted by Gasteiger charge is -2.18. The second-order valence-electron chi connectivity index (χ2n) is 6.57. The highest BCUT2D eigenvalue weighted by molar-refractivity contribution is 7.14. The Balaban J connectivity index is 0.00000225. The monoisotopic (exact) mass is 425 g/mol. The largest absolute Gasteiger partial charge is 1.00 e. The van der Waals surface area contributed by atoms with Crippen molar-refractivity contribution < 1.29 is 32.4 Å². The SMILES string of the molecule is Cc1cnc(-n2cc(C(=O)O)c(=O)c3cc(F)c(N4CCC([NH3+])C4)nc32)s1.[Cl-]. The summed E-state index contributed by atoms with van der Waals surface area (Å²) in [4.78, 5) is 35.4. The van der Waals surface area contributed by atoms with Crippen LogP contribution in [0.3, 0.4) is 0 Å². The van der Waals surface area contributed by atoms with Crippen LogP contribution in [0, 0.1) is 12.7 Å². The van der Waals surface area contributed by atoms with Crippen LogP contribution in [0.15, 0.2) is 23.3 Å². The van der Waals surface area contributed by atoms with Crippen molar-refractivity contribution in [3.63, 3.8) is 0 Å². The highest BCUT2D eigenvalue weighted by Crippen LogP contribution is 2.26. The van der Waals surface area contributed by atoms with E-state index < -0.39 is 22.8 Å². The third-order valence-electron chi connectivity index (χ3n) is 4.54. The summed E-state index contributed by atoms with van der Waals surface area (Å²) in [5.74, 6) is -1.90. The summed E-state index contributed by atoms with van der Waals surface area (Å²) in [5, 5.41) is 9.74. The number of carbonyl (C=O) groups is 1. The normalized spacial score (nSPS) is 16.4. The van der Waals surface area contributed by atoms with Crippen molar-refractivity contribution in [2.45, 2.75) is 19.4 Å². The van der Waals surface area contributed by atoms with Gasteiger partial charge < -0.3 is 28.1 Å². The summed E-state index contributed by atoms with van der Waals surface area (Å²) in [7, 11) is 0. The molecular weight excluding hydrogens is 409 g/mol. The summed E-state index contributed by atoms with van der Waals surface area (Å²) < 4.78 is 16.2. The van der Waals surface area contributed by atoms with Crippen LogP contribution in [0.4, 0.5) is 10.2 Å². The number of hydrogen-bond acceptors (Lipinski definition) is 6. The zero-order valence-electron chi connectivity index (χ0n) is 14.9. The van der Waals surface area contributed by atoms with E-state index in [0.717, 1.165) is 17.4 Å². The highest BCUT2D eigenvalue weighted by atomic mass is 35.5. The van der Waals surface area contributed by atoms with Gasteiger partial charge in [-0.3, -0.25) is 9.36 Å². The molecule has 28 heavy (non-hydrogen) atoms. The molecule has 1 aliphatic rings. The molecule has 1 aliphatic heterocycles. The minimum Gasteiger partial charge on any atom is -1.00 e. The van der Waals surface area contributed by atoms with Gasteiger partial charge in [0.15, 0.2) is 22.4 Å². The summed E-state index contributed by atoms with van der Waals surface area (Å²) >= 11 is 1.32. The number of aromatic nitrogens is 3. The summed E-state index contributed by atoms with van der Waals surface area (Å²) in [5.41, 5.74) is 2.96. The maximum Gasteiger partial charge on any atom is 0.341 e. The Morgan fingerprint density at radius 2 is 2.21 bits per heavy atom. The molecule has 1 unspecified atom stereocenters. The van der Waals surface area contributed by atoms with Gasteiger partial charge in [-0.05, 0) is 13.0 Å². The number of halogens is 2. The van der Waals surface area contributed by atoms with Crippen molar-refractivity contribution in [2.75, 3.05) is 18.0 Å². The van der Waals surface area contributed by atoms with Gasteiger partial charge in [-0.25, -0.2) is 19.2 Å². The quantitative estimate of drug-likeness (QED) is 0.492. The van der Waals surface area contributed by atoms with Crippen molar-refractivity contribution in [3.05, 3.63) is 44.9 Å². The lowest BCUT2D eigenvalue weighted by Crippen LogP contribution is -3.00. The van der Waals surface area contributed by atoms with Crippen LogP contribution in [0.25, 0.3) is 16.2 Å². The molecule has 1 fully saturated rings. The van der Waals surface area contributed by atoms with Gasteiger partial charge >= 0.3 is 5.97 Å². The van der Waals surface area contributed by atoms with Crippen molar-refractivity contribution in [1.82, 2.24) is 14.5 Å². The Hall–Kier alpha value is -2.56. The van der Waals surface area contributed by atoms with E-state index in [0.29, 0.717) is 18.2 Å². The zero-order valence-corrected chi connectivity index (χ0v) is 16.4. The number of rotatable bonds is 3. The fourth-order valence-corrected chi connectivity index (χ4v) is 3.95. The van der Waals surface area contributed by atoms with Crippen molar-refractivity contribution in [3.8, 4) is 5.13 Å². The molecule has 1 saturated heterocycles. The Bertz CT molecular complexity index is 1130. The van der Waals surface area contributed by atoms with Crippen LogP contribution < -0.4 is 28.5 Å². The second-order valence-corrected chi connectivity index (χ2v) is 7.78. The predicted octanol–water partition coefficient (Wildman–Crippen LogP) is -2.19. The minimum atomic E-state index is -1.38. The van der Waals surface area contributed by atoms with Gasteiger partial charge in [0.05, 0.1) is 11.9 Å². The molecule has 4 heterocycles. The molecule has 11 heteroatoms. The number of hydrogen-bond donors (Lipinski definition) is 2. The van der Waals surface area contributed by atoms with E-state index in [9.17, 15) is 19.1 Å². The summed E-state index contributed by atoms with van der Waals surface area (Å²) in [6.07, 6.45) is 3.67. The van der Waals surface area contributed by atoms with Gasteiger partial charge in [-0.15, -0.1) is 11.3 Å². The number of carboxylic acids is 1. The van der Waals surface area contributed by atoms with Gasteiger partial charge in [0.25, 0.3) is 0 Å². The molecule has 0 aliphatic carbocycles. The number of fused-ring (bicyclic) bond motifs is 1. The van der Waals surface area contributed by atoms with Gasteiger partial charge in [0, 0.05) is 30.2 Å². The van der Waals surface area contributed by atoms with E-state index in [-0.39, 0.29) is 35.3 Å². The van der Waals surface area contributed by atoms with Crippen molar-refractivity contribution >= 4 is 34.2 Å². The number of aromatic carboxylic acids is 1. The maximum atomic E-state index is 14.7. The number of quaternary nitrogens is 1. The molecule has 4 rings (SSSR count). The minimum absolute atomic E-state index is 0. The first-order valence-corrected chi connectivity index (χ1v) is 9.17. The van der Waals surface area contributed by atoms with Crippen LogP contribution in [-0.4, -0.2) is 44.7 Å². The maximum absolute atomic E-state index is 14.7. The van der Waals surface area contributed by atoms with Gasteiger partial charge in [-0.1, -0.05) is 0 Å². The average molecular weight is 426 g/mol. The molecule has 148 valence electrons. The zero-order chi connectivity index (χ0) is 19.3. The second kappa shape index (κ2) is 7.46. The fourth-order valence-electron chi connectivity index (χ4n) is 3.21. The first-order chi connectivity index (χ1) is 12.8. The number of pyridine rings is 2. The van der Waals surface area contributed by atoms with Crippen LogP contribution in [0.5, 0.6) is 0 Å². The smallest absolute Gasteiger partial charge is 0.341 e. The molecule has 0 spiro atoms. The molecule has 0 radical (unpaired) electrons.